The molecule has 24 heavy (non-hydrogen) atoms. The number of amides is 4. The lowest BCUT2D eigenvalue weighted by atomic mass is 10.1. The summed E-state index contributed by atoms with van der Waals surface area (Å²) < 4.78 is 5.07. The van der Waals surface area contributed by atoms with E-state index in [0.717, 1.165) is 4.90 Å². The van der Waals surface area contributed by atoms with Gasteiger partial charge in [0.05, 0.1) is 12.8 Å². The van der Waals surface area contributed by atoms with Crippen LogP contribution in [0.5, 0.6) is 5.75 Å². The van der Waals surface area contributed by atoms with Crippen molar-refractivity contribution in [1.29, 1.82) is 0 Å². The third kappa shape index (κ3) is 2.89. The van der Waals surface area contributed by atoms with Crippen molar-refractivity contribution in [3.63, 3.8) is 0 Å². The van der Waals surface area contributed by atoms with Crippen LogP contribution >= 0.6 is 0 Å². The average Bonchev–Trinajstić information content (AvgIpc) is 2.60. The van der Waals surface area contributed by atoms with Crippen molar-refractivity contribution in [2.45, 2.75) is 0 Å². The fourth-order valence-corrected chi connectivity index (χ4v) is 2.34. The van der Waals surface area contributed by atoms with Crippen molar-refractivity contribution >= 4 is 29.6 Å². The molecule has 2 aromatic carbocycles. The molecule has 1 heterocycles. The van der Waals surface area contributed by atoms with E-state index in [1.807, 2.05) is 0 Å². The topological polar surface area (TPSA) is 75.7 Å². The monoisotopic (exact) mass is 322 g/mol. The van der Waals surface area contributed by atoms with E-state index in [0.29, 0.717) is 17.0 Å². The Morgan fingerprint density at radius 3 is 2.25 bits per heavy atom. The number of hydrogen-bond donors (Lipinski definition) is 1. The fraction of sp³-hybridized carbons (Fsp3) is 0.0556. The summed E-state index contributed by atoms with van der Waals surface area (Å²) in [5.74, 6) is -0.712. The van der Waals surface area contributed by atoms with Gasteiger partial charge in [-0.3, -0.25) is 14.9 Å². The zero-order valence-electron chi connectivity index (χ0n) is 12.9. The Kier molecular flexibility index (Phi) is 4.11. The highest BCUT2D eigenvalue weighted by Crippen LogP contribution is 2.22. The van der Waals surface area contributed by atoms with Crippen LogP contribution in [0.2, 0.25) is 0 Å². The Hall–Kier alpha value is -3.41. The highest BCUT2D eigenvalue weighted by atomic mass is 16.5. The molecule has 0 atom stereocenters. The first-order chi connectivity index (χ1) is 11.6. The van der Waals surface area contributed by atoms with Crippen molar-refractivity contribution < 1.29 is 19.1 Å². The average molecular weight is 322 g/mol. The van der Waals surface area contributed by atoms with Crippen LogP contribution in [-0.2, 0) is 9.59 Å². The van der Waals surface area contributed by atoms with E-state index < -0.39 is 17.8 Å². The zero-order valence-corrected chi connectivity index (χ0v) is 12.9. The van der Waals surface area contributed by atoms with Gasteiger partial charge < -0.3 is 4.74 Å². The van der Waals surface area contributed by atoms with Crippen LogP contribution in [0.1, 0.15) is 5.56 Å². The molecule has 1 aliphatic heterocycles. The number of carbonyl (C=O) groups is 3. The van der Waals surface area contributed by atoms with Gasteiger partial charge in [-0.15, -0.1) is 0 Å². The molecule has 120 valence electrons. The van der Waals surface area contributed by atoms with Crippen molar-refractivity contribution in [3.8, 4) is 5.75 Å². The van der Waals surface area contributed by atoms with E-state index in [2.05, 4.69) is 5.32 Å². The van der Waals surface area contributed by atoms with Crippen LogP contribution in [0.15, 0.2) is 60.2 Å². The molecular weight excluding hydrogens is 308 g/mol. The summed E-state index contributed by atoms with van der Waals surface area (Å²) >= 11 is 0. The van der Waals surface area contributed by atoms with E-state index in [-0.39, 0.29) is 5.57 Å². The van der Waals surface area contributed by atoms with Crippen LogP contribution in [0.25, 0.3) is 6.08 Å². The standard InChI is InChI=1S/C18H14N2O4/c1-24-14-9-7-12(8-10-14)11-15-16(21)19-18(23)20(17(15)22)13-5-3-2-4-6-13/h2-11H,1H3,(H,19,21,23). The molecule has 1 N–H and O–H groups in total. The third-order valence-corrected chi connectivity index (χ3v) is 3.54. The smallest absolute Gasteiger partial charge is 0.335 e. The maximum absolute atomic E-state index is 12.6. The number of nitrogens with zero attached hydrogens (tertiary/aromatic N) is 1. The van der Waals surface area contributed by atoms with Crippen LogP contribution in [-0.4, -0.2) is 25.0 Å². The molecule has 0 aliphatic carbocycles. The number of para-hydroxylation sites is 1. The van der Waals surface area contributed by atoms with Crippen molar-refractivity contribution in [2.75, 3.05) is 12.0 Å². The minimum absolute atomic E-state index is 0.108. The summed E-state index contributed by atoms with van der Waals surface area (Å²) in [4.78, 5) is 37.6. The second-order valence-electron chi connectivity index (χ2n) is 5.07. The van der Waals surface area contributed by atoms with E-state index in [4.69, 9.17) is 4.74 Å². The third-order valence-electron chi connectivity index (χ3n) is 3.54. The van der Waals surface area contributed by atoms with Gasteiger partial charge in [0.15, 0.2) is 0 Å². The number of urea groups is 1. The molecule has 3 rings (SSSR count). The normalized spacial score (nSPS) is 16.3. The first-order valence-corrected chi connectivity index (χ1v) is 7.20. The first kappa shape index (κ1) is 15.5. The maximum Gasteiger partial charge on any atom is 0.335 e. The predicted octanol–water partition coefficient (Wildman–Crippen LogP) is 2.36. The fourth-order valence-electron chi connectivity index (χ4n) is 2.34. The van der Waals surface area contributed by atoms with Crippen LogP contribution in [0.3, 0.4) is 0 Å². The van der Waals surface area contributed by atoms with Gasteiger partial charge in [-0.05, 0) is 35.9 Å². The van der Waals surface area contributed by atoms with Crippen molar-refractivity contribution in [3.05, 3.63) is 65.7 Å². The number of ether oxygens (including phenoxy) is 1. The number of benzene rings is 2. The second kappa shape index (κ2) is 6.37. The maximum atomic E-state index is 12.6. The van der Waals surface area contributed by atoms with Gasteiger partial charge in [0, 0.05) is 0 Å². The highest BCUT2D eigenvalue weighted by Gasteiger charge is 2.36. The number of nitrogens with one attached hydrogen (secondary N) is 1. The van der Waals surface area contributed by atoms with Crippen LogP contribution < -0.4 is 15.0 Å². The Morgan fingerprint density at radius 2 is 1.62 bits per heavy atom. The minimum atomic E-state index is -0.761. The minimum Gasteiger partial charge on any atom is -0.497 e. The number of anilines is 1. The molecular formula is C18H14N2O4. The number of hydrogen-bond acceptors (Lipinski definition) is 4. The summed E-state index contributed by atoms with van der Waals surface area (Å²) in [6.45, 7) is 0. The summed E-state index contributed by atoms with van der Waals surface area (Å²) in [7, 11) is 1.55. The first-order valence-electron chi connectivity index (χ1n) is 7.20. The molecule has 0 spiro atoms. The summed E-state index contributed by atoms with van der Waals surface area (Å²) in [5, 5.41) is 2.19. The lowest BCUT2D eigenvalue weighted by Gasteiger charge is -2.26. The van der Waals surface area contributed by atoms with Gasteiger partial charge in [-0.2, -0.15) is 0 Å². The number of barbiturate groups is 1. The Bertz CT molecular complexity index is 826. The largest absolute Gasteiger partial charge is 0.497 e. The molecule has 0 aromatic heterocycles. The molecule has 6 heteroatoms. The van der Waals surface area contributed by atoms with Gasteiger partial charge in [0.2, 0.25) is 0 Å². The van der Waals surface area contributed by atoms with Crippen LogP contribution in [0.4, 0.5) is 10.5 Å². The second-order valence-corrected chi connectivity index (χ2v) is 5.07. The lowest BCUT2D eigenvalue weighted by molar-refractivity contribution is -0.122. The quantitative estimate of drug-likeness (QED) is 0.695. The SMILES string of the molecule is COc1ccc(C=C2C(=O)NC(=O)N(c3ccccc3)C2=O)cc1. The Balaban J connectivity index is 1.97. The number of methoxy groups -OCH3 is 1. The number of rotatable bonds is 3. The molecule has 0 radical (unpaired) electrons. The van der Waals surface area contributed by atoms with Crippen molar-refractivity contribution in [2.24, 2.45) is 0 Å². The number of carbonyl (C=O) groups excluding carboxylic acids is 3. The van der Waals surface area contributed by atoms with Gasteiger partial charge in [0.1, 0.15) is 11.3 Å². The lowest BCUT2D eigenvalue weighted by Crippen LogP contribution is -2.54. The van der Waals surface area contributed by atoms with E-state index in [1.165, 1.54) is 6.08 Å². The number of imide groups is 2. The van der Waals surface area contributed by atoms with Gasteiger partial charge in [0.25, 0.3) is 11.8 Å². The molecule has 1 saturated heterocycles. The molecule has 6 nitrogen and oxygen atoms in total. The van der Waals surface area contributed by atoms with Crippen molar-refractivity contribution in [1.82, 2.24) is 5.32 Å². The van der Waals surface area contributed by atoms with Crippen LogP contribution in [0, 0.1) is 0 Å². The van der Waals surface area contributed by atoms with E-state index in [9.17, 15) is 14.4 Å². The highest BCUT2D eigenvalue weighted by molar-refractivity contribution is 6.39. The summed E-state index contributed by atoms with van der Waals surface area (Å²) in [6, 6.07) is 14.5. The Morgan fingerprint density at radius 1 is 0.958 bits per heavy atom. The molecule has 2 aromatic rings. The van der Waals surface area contributed by atoms with E-state index in [1.54, 1.807) is 61.7 Å². The molecule has 1 fully saturated rings. The zero-order chi connectivity index (χ0) is 17.1. The molecule has 1 aliphatic rings. The van der Waals surface area contributed by atoms with Gasteiger partial charge >= 0.3 is 6.03 Å². The summed E-state index contributed by atoms with van der Waals surface area (Å²) in [5.41, 5.74) is 0.938. The molecule has 0 saturated carbocycles. The van der Waals surface area contributed by atoms with E-state index >= 15 is 0 Å². The molecule has 4 amide bonds. The Labute approximate surface area is 138 Å². The van der Waals surface area contributed by atoms with Gasteiger partial charge in [-0.1, -0.05) is 30.3 Å². The summed E-state index contributed by atoms with van der Waals surface area (Å²) in [6.07, 6.45) is 1.44. The molecule has 0 bridgehead atoms. The molecule has 0 unspecified atom stereocenters. The predicted molar refractivity (Wildman–Crippen MR) is 88.4 cm³/mol. The van der Waals surface area contributed by atoms with Gasteiger partial charge in [-0.25, -0.2) is 9.69 Å².